The van der Waals surface area contributed by atoms with Gasteiger partial charge in [0.05, 0.1) is 6.10 Å². The summed E-state index contributed by atoms with van der Waals surface area (Å²) in [5.41, 5.74) is 2.64. The van der Waals surface area contributed by atoms with Crippen molar-refractivity contribution >= 4 is 21.6 Å². The molecular weight excluding hydrogens is 328 g/mol. The summed E-state index contributed by atoms with van der Waals surface area (Å²) in [5.74, 6) is 0.385. The van der Waals surface area contributed by atoms with E-state index in [-0.39, 0.29) is 6.10 Å². The lowest BCUT2D eigenvalue weighted by Crippen LogP contribution is -2.27. The minimum Gasteiger partial charge on any atom is -0.393 e. The van der Waals surface area contributed by atoms with Crippen LogP contribution >= 0.6 is 15.9 Å². The summed E-state index contributed by atoms with van der Waals surface area (Å²) in [7, 11) is 0. The maximum atomic E-state index is 9.82. The largest absolute Gasteiger partial charge is 0.393 e. The number of rotatable bonds is 6. The van der Waals surface area contributed by atoms with Gasteiger partial charge in [0.25, 0.3) is 0 Å². The molecule has 1 heterocycles. The molecule has 0 aliphatic carbocycles. The van der Waals surface area contributed by atoms with Crippen molar-refractivity contribution in [1.29, 1.82) is 0 Å². The standard InChI is InChI=1S/C17H27BrN2O/c1-4-8-19-12(2)16-6-5-15(18)10-17(16)20-9-7-14(11-20)13(3)21/h5-6,10,12-14,19,21H,4,7-9,11H2,1-3H3. The molecule has 1 fully saturated rings. The predicted molar refractivity (Wildman–Crippen MR) is 92.9 cm³/mol. The first-order valence-electron chi connectivity index (χ1n) is 7.98. The van der Waals surface area contributed by atoms with Gasteiger partial charge in [0, 0.05) is 35.2 Å². The molecule has 1 aliphatic heterocycles. The van der Waals surface area contributed by atoms with Crippen LogP contribution in [0.4, 0.5) is 5.69 Å². The van der Waals surface area contributed by atoms with Gasteiger partial charge in [0.15, 0.2) is 0 Å². The van der Waals surface area contributed by atoms with E-state index in [1.54, 1.807) is 0 Å². The van der Waals surface area contributed by atoms with Crippen LogP contribution < -0.4 is 10.2 Å². The summed E-state index contributed by atoms with van der Waals surface area (Å²) < 4.78 is 1.12. The molecule has 2 N–H and O–H groups in total. The van der Waals surface area contributed by atoms with Crippen LogP contribution in [0.25, 0.3) is 0 Å². The molecule has 2 rings (SSSR count). The Kier molecular flexibility index (Phi) is 6.08. The highest BCUT2D eigenvalue weighted by molar-refractivity contribution is 9.10. The normalized spacial score (nSPS) is 21.6. The first-order valence-corrected chi connectivity index (χ1v) is 8.78. The molecule has 0 spiro atoms. The zero-order valence-electron chi connectivity index (χ0n) is 13.3. The van der Waals surface area contributed by atoms with Gasteiger partial charge in [-0.3, -0.25) is 0 Å². The number of benzene rings is 1. The van der Waals surface area contributed by atoms with E-state index in [4.69, 9.17) is 0 Å². The van der Waals surface area contributed by atoms with Gasteiger partial charge in [0.1, 0.15) is 0 Å². The molecule has 1 aromatic carbocycles. The zero-order chi connectivity index (χ0) is 15.4. The Bertz CT molecular complexity index is 464. The Labute approximate surface area is 136 Å². The molecule has 0 amide bonds. The van der Waals surface area contributed by atoms with Crippen LogP contribution in [0.15, 0.2) is 22.7 Å². The van der Waals surface area contributed by atoms with Gasteiger partial charge < -0.3 is 15.3 Å². The number of aliphatic hydroxyl groups excluding tert-OH is 1. The summed E-state index contributed by atoms with van der Waals surface area (Å²) in [6.45, 7) is 9.33. The second-order valence-electron chi connectivity index (χ2n) is 6.11. The third-order valence-electron chi connectivity index (χ3n) is 4.41. The minimum absolute atomic E-state index is 0.221. The van der Waals surface area contributed by atoms with Gasteiger partial charge in [0.2, 0.25) is 0 Å². The molecule has 3 nitrogen and oxygen atoms in total. The summed E-state index contributed by atoms with van der Waals surface area (Å²) in [5, 5.41) is 13.4. The van der Waals surface area contributed by atoms with E-state index in [0.29, 0.717) is 12.0 Å². The van der Waals surface area contributed by atoms with Crippen molar-refractivity contribution in [2.45, 2.75) is 45.8 Å². The maximum absolute atomic E-state index is 9.82. The zero-order valence-corrected chi connectivity index (χ0v) is 14.9. The van der Waals surface area contributed by atoms with Crippen molar-refractivity contribution in [1.82, 2.24) is 5.32 Å². The third-order valence-corrected chi connectivity index (χ3v) is 4.90. The van der Waals surface area contributed by atoms with Crippen LogP contribution in [-0.2, 0) is 0 Å². The van der Waals surface area contributed by atoms with Crippen LogP contribution in [-0.4, -0.2) is 30.8 Å². The number of nitrogens with zero attached hydrogens (tertiary/aromatic N) is 1. The Morgan fingerprint density at radius 3 is 2.81 bits per heavy atom. The Balaban J connectivity index is 2.19. The van der Waals surface area contributed by atoms with E-state index >= 15 is 0 Å². The SMILES string of the molecule is CCCNC(C)c1ccc(Br)cc1N1CCC(C(C)O)C1. The highest BCUT2D eigenvalue weighted by Gasteiger charge is 2.28. The van der Waals surface area contributed by atoms with Crippen LogP contribution in [0.1, 0.15) is 45.2 Å². The minimum atomic E-state index is -0.221. The highest BCUT2D eigenvalue weighted by Crippen LogP contribution is 2.33. The summed E-state index contributed by atoms with van der Waals surface area (Å²) in [6.07, 6.45) is 1.99. The molecule has 21 heavy (non-hydrogen) atoms. The van der Waals surface area contributed by atoms with Crippen molar-refractivity contribution in [2.75, 3.05) is 24.5 Å². The fraction of sp³-hybridized carbons (Fsp3) is 0.647. The lowest BCUT2D eigenvalue weighted by atomic mass is 10.0. The number of hydrogen-bond acceptors (Lipinski definition) is 3. The molecular formula is C17H27BrN2O. The fourth-order valence-corrected chi connectivity index (χ4v) is 3.38. The summed E-state index contributed by atoms with van der Waals surface area (Å²) in [4.78, 5) is 2.42. The van der Waals surface area contributed by atoms with E-state index in [1.165, 1.54) is 11.3 Å². The monoisotopic (exact) mass is 354 g/mol. The molecule has 0 bridgehead atoms. The second-order valence-corrected chi connectivity index (χ2v) is 7.03. The van der Waals surface area contributed by atoms with Gasteiger partial charge in [-0.1, -0.05) is 28.9 Å². The first kappa shape index (κ1) is 16.8. The van der Waals surface area contributed by atoms with Gasteiger partial charge in [-0.05, 0) is 50.9 Å². The molecule has 0 radical (unpaired) electrons. The van der Waals surface area contributed by atoms with Gasteiger partial charge >= 0.3 is 0 Å². The smallest absolute Gasteiger partial charge is 0.0557 e. The lowest BCUT2D eigenvalue weighted by molar-refractivity contribution is 0.136. The molecule has 1 aromatic rings. The van der Waals surface area contributed by atoms with Crippen molar-refractivity contribution in [3.8, 4) is 0 Å². The third kappa shape index (κ3) is 4.21. The molecule has 118 valence electrons. The molecule has 3 unspecified atom stereocenters. The van der Waals surface area contributed by atoms with E-state index in [0.717, 1.165) is 36.9 Å². The van der Waals surface area contributed by atoms with E-state index < -0.39 is 0 Å². The molecule has 4 heteroatoms. The quantitative estimate of drug-likeness (QED) is 0.817. The number of hydrogen-bond donors (Lipinski definition) is 2. The molecule has 0 saturated carbocycles. The number of nitrogens with one attached hydrogen (secondary N) is 1. The Morgan fingerprint density at radius 2 is 2.19 bits per heavy atom. The van der Waals surface area contributed by atoms with Gasteiger partial charge in [-0.15, -0.1) is 0 Å². The number of aliphatic hydroxyl groups is 1. The molecule has 0 aromatic heterocycles. The highest BCUT2D eigenvalue weighted by atomic mass is 79.9. The van der Waals surface area contributed by atoms with Crippen LogP contribution in [0.3, 0.4) is 0 Å². The molecule has 1 aliphatic rings. The molecule has 1 saturated heterocycles. The second kappa shape index (κ2) is 7.61. The number of anilines is 1. The van der Waals surface area contributed by atoms with Crippen molar-refractivity contribution in [3.63, 3.8) is 0 Å². The van der Waals surface area contributed by atoms with Gasteiger partial charge in [-0.25, -0.2) is 0 Å². The average Bonchev–Trinajstić information content (AvgIpc) is 2.94. The Hall–Kier alpha value is -0.580. The van der Waals surface area contributed by atoms with Crippen LogP contribution in [0.2, 0.25) is 0 Å². The van der Waals surface area contributed by atoms with Gasteiger partial charge in [-0.2, -0.15) is 0 Å². The van der Waals surface area contributed by atoms with Crippen LogP contribution in [0, 0.1) is 5.92 Å². The van der Waals surface area contributed by atoms with E-state index in [9.17, 15) is 5.11 Å². The van der Waals surface area contributed by atoms with Crippen molar-refractivity contribution in [2.24, 2.45) is 5.92 Å². The average molecular weight is 355 g/mol. The maximum Gasteiger partial charge on any atom is 0.0557 e. The number of halogens is 1. The topological polar surface area (TPSA) is 35.5 Å². The van der Waals surface area contributed by atoms with Crippen LogP contribution in [0.5, 0.6) is 0 Å². The fourth-order valence-electron chi connectivity index (χ4n) is 3.03. The van der Waals surface area contributed by atoms with Crippen molar-refractivity contribution in [3.05, 3.63) is 28.2 Å². The summed E-state index contributed by atoms with van der Waals surface area (Å²) in [6, 6.07) is 6.89. The van der Waals surface area contributed by atoms with Crippen molar-refractivity contribution < 1.29 is 5.11 Å². The Morgan fingerprint density at radius 1 is 1.43 bits per heavy atom. The summed E-state index contributed by atoms with van der Waals surface area (Å²) >= 11 is 3.59. The lowest BCUT2D eigenvalue weighted by Gasteiger charge is -2.26. The van der Waals surface area contributed by atoms with E-state index in [1.807, 2.05) is 6.92 Å². The first-order chi connectivity index (χ1) is 10.0. The predicted octanol–water partition coefficient (Wildman–Crippen LogP) is 3.72. The van der Waals surface area contributed by atoms with E-state index in [2.05, 4.69) is 58.2 Å². The molecule has 3 atom stereocenters.